The Morgan fingerprint density at radius 2 is 1.61 bits per heavy atom. The van der Waals surface area contributed by atoms with E-state index in [0.717, 1.165) is 42.5 Å². The second-order valence-electron chi connectivity index (χ2n) is 7.63. The van der Waals surface area contributed by atoms with Crippen LogP contribution in [0.15, 0.2) is 78.9 Å². The minimum atomic E-state index is -0.194. The highest BCUT2D eigenvalue weighted by atomic mass is 19.1. The number of carbonyl (C=O) groups excluding carboxylic acids is 1. The molecule has 1 amide bonds. The van der Waals surface area contributed by atoms with Crippen LogP contribution in [0.3, 0.4) is 0 Å². The lowest BCUT2D eigenvalue weighted by atomic mass is 10.1. The first-order chi connectivity index (χ1) is 15.2. The molecule has 4 nitrogen and oxygen atoms in total. The van der Waals surface area contributed by atoms with Gasteiger partial charge in [0.25, 0.3) is 5.91 Å². The third-order valence-electron chi connectivity index (χ3n) is 5.42. The second-order valence-corrected chi connectivity index (χ2v) is 7.63. The van der Waals surface area contributed by atoms with Crippen LogP contribution in [0, 0.1) is 5.82 Å². The molecule has 0 bridgehead atoms. The molecule has 1 aromatic heterocycles. The molecule has 31 heavy (non-hydrogen) atoms. The Morgan fingerprint density at radius 1 is 0.871 bits per heavy atom. The fourth-order valence-corrected chi connectivity index (χ4v) is 3.77. The summed E-state index contributed by atoms with van der Waals surface area (Å²) in [4.78, 5) is 16.9. The lowest BCUT2D eigenvalue weighted by Crippen LogP contribution is -2.24. The number of rotatable bonds is 9. The molecule has 0 aliphatic rings. The molecule has 0 fully saturated rings. The zero-order valence-corrected chi connectivity index (χ0v) is 17.4. The zero-order chi connectivity index (χ0) is 21.5. The summed E-state index contributed by atoms with van der Waals surface area (Å²) in [6.45, 7) is 1.12. The molecule has 5 heteroatoms. The third kappa shape index (κ3) is 5.18. The standard InChI is InChI=1S/C26H26FN3O/c27-22-14-7-6-13-21(22)19-30-24-16-9-8-15-23(24)29-25(30)17-5-2-10-18-28-26(31)20-11-3-1-4-12-20/h1,3-4,6-9,11-16H,2,5,10,17-19H2,(H,28,31). The summed E-state index contributed by atoms with van der Waals surface area (Å²) in [5.74, 6) is 0.741. The fourth-order valence-electron chi connectivity index (χ4n) is 3.77. The van der Waals surface area contributed by atoms with Gasteiger partial charge >= 0.3 is 0 Å². The van der Waals surface area contributed by atoms with Gasteiger partial charge in [0.2, 0.25) is 0 Å². The summed E-state index contributed by atoms with van der Waals surface area (Å²) >= 11 is 0. The Balaban J connectivity index is 1.34. The number of carbonyl (C=O) groups is 1. The molecule has 4 rings (SSSR count). The predicted octanol–water partition coefficient (Wildman–Crippen LogP) is 5.37. The molecular weight excluding hydrogens is 389 g/mol. The van der Waals surface area contributed by atoms with Gasteiger partial charge in [-0.05, 0) is 43.2 Å². The van der Waals surface area contributed by atoms with Crippen LogP contribution < -0.4 is 5.32 Å². The molecule has 1 heterocycles. The maximum atomic E-state index is 14.2. The molecule has 0 unspecified atom stereocenters. The summed E-state index contributed by atoms with van der Waals surface area (Å²) in [7, 11) is 0. The van der Waals surface area contributed by atoms with Gasteiger partial charge in [0.05, 0.1) is 17.6 Å². The van der Waals surface area contributed by atoms with E-state index in [1.165, 1.54) is 6.07 Å². The van der Waals surface area contributed by atoms with E-state index in [4.69, 9.17) is 4.98 Å². The maximum absolute atomic E-state index is 14.2. The zero-order valence-electron chi connectivity index (χ0n) is 17.4. The Bertz CT molecular complexity index is 1150. The third-order valence-corrected chi connectivity index (χ3v) is 5.42. The average molecular weight is 416 g/mol. The van der Waals surface area contributed by atoms with Gasteiger partial charge in [0, 0.05) is 24.1 Å². The van der Waals surface area contributed by atoms with Crippen molar-refractivity contribution >= 4 is 16.9 Å². The molecule has 4 aromatic rings. The number of aryl methyl sites for hydroxylation is 1. The fraction of sp³-hybridized carbons (Fsp3) is 0.231. The van der Waals surface area contributed by atoms with Crippen molar-refractivity contribution in [2.45, 2.75) is 32.2 Å². The van der Waals surface area contributed by atoms with Crippen molar-refractivity contribution in [3.8, 4) is 0 Å². The largest absolute Gasteiger partial charge is 0.352 e. The van der Waals surface area contributed by atoms with E-state index in [-0.39, 0.29) is 11.7 Å². The highest BCUT2D eigenvalue weighted by Crippen LogP contribution is 2.20. The number of amides is 1. The summed E-state index contributed by atoms with van der Waals surface area (Å²) < 4.78 is 16.3. The molecule has 0 radical (unpaired) electrons. The predicted molar refractivity (Wildman–Crippen MR) is 122 cm³/mol. The average Bonchev–Trinajstić information content (AvgIpc) is 3.15. The summed E-state index contributed by atoms with van der Waals surface area (Å²) in [6.07, 6.45) is 3.67. The van der Waals surface area contributed by atoms with Crippen molar-refractivity contribution in [1.29, 1.82) is 0 Å². The smallest absolute Gasteiger partial charge is 0.251 e. The van der Waals surface area contributed by atoms with Gasteiger partial charge in [-0.25, -0.2) is 9.37 Å². The number of fused-ring (bicyclic) bond motifs is 1. The van der Waals surface area contributed by atoms with Crippen LogP contribution in [-0.4, -0.2) is 22.0 Å². The van der Waals surface area contributed by atoms with Gasteiger partial charge < -0.3 is 9.88 Å². The van der Waals surface area contributed by atoms with Gasteiger partial charge in [0.15, 0.2) is 0 Å². The van der Waals surface area contributed by atoms with Crippen LogP contribution >= 0.6 is 0 Å². The van der Waals surface area contributed by atoms with Crippen LogP contribution in [-0.2, 0) is 13.0 Å². The first-order valence-electron chi connectivity index (χ1n) is 10.7. The highest BCUT2D eigenvalue weighted by molar-refractivity contribution is 5.94. The lowest BCUT2D eigenvalue weighted by Gasteiger charge is -2.10. The number of nitrogens with zero attached hydrogens (tertiary/aromatic N) is 2. The molecule has 158 valence electrons. The number of hydrogen-bond donors (Lipinski definition) is 1. The number of nitrogens with one attached hydrogen (secondary N) is 1. The topological polar surface area (TPSA) is 46.9 Å². The monoisotopic (exact) mass is 415 g/mol. The number of para-hydroxylation sites is 2. The minimum Gasteiger partial charge on any atom is -0.352 e. The lowest BCUT2D eigenvalue weighted by molar-refractivity contribution is 0.0953. The van der Waals surface area contributed by atoms with Crippen molar-refractivity contribution in [2.75, 3.05) is 6.54 Å². The van der Waals surface area contributed by atoms with Crippen molar-refractivity contribution in [3.63, 3.8) is 0 Å². The number of unbranched alkanes of at least 4 members (excludes halogenated alkanes) is 2. The number of hydrogen-bond acceptors (Lipinski definition) is 2. The normalized spacial score (nSPS) is 11.0. The van der Waals surface area contributed by atoms with Crippen LogP contribution in [0.25, 0.3) is 11.0 Å². The Morgan fingerprint density at radius 3 is 2.45 bits per heavy atom. The van der Waals surface area contributed by atoms with Gasteiger partial charge in [-0.3, -0.25) is 4.79 Å². The number of aromatic nitrogens is 2. The molecule has 0 atom stereocenters. The van der Waals surface area contributed by atoms with Crippen LogP contribution in [0.5, 0.6) is 0 Å². The molecule has 1 N–H and O–H groups in total. The van der Waals surface area contributed by atoms with Crippen molar-refractivity contribution < 1.29 is 9.18 Å². The van der Waals surface area contributed by atoms with Gasteiger partial charge in [-0.1, -0.05) is 55.0 Å². The first kappa shape index (κ1) is 20.8. The molecule has 0 spiro atoms. The van der Waals surface area contributed by atoms with Crippen molar-refractivity contribution in [1.82, 2.24) is 14.9 Å². The van der Waals surface area contributed by atoms with Gasteiger partial charge in [-0.2, -0.15) is 0 Å². The van der Waals surface area contributed by atoms with E-state index in [0.29, 0.717) is 24.2 Å². The Labute approximate surface area is 181 Å². The number of imidazole rings is 1. The maximum Gasteiger partial charge on any atom is 0.251 e. The Kier molecular flexibility index (Phi) is 6.72. The summed E-state index contributed by atoms with van der Waals surface area (Å²) in [6, 6.07) is 24.1. The van der Waals surface area contributed by atoms with Crippen LogP contribution in [0.4, 0.5) is 4.39 Å². The SMILES string of the molecule is O=C(NCCCCCc1nc2ccccc2n1Cc1ccccc1F)c1ccccc1. The van der Waals surface area contributed by atoms with E-state index in [1.54, 1.807) is 6.07 Å². The highest BCUT2D eigenvalue weighted by Gasteiger charge is 2.12. The van der Waals surface area contributed by atoms with E-state index < -0.39 is 0 Å². The number of halogens is 1. The summed E-state index contributed by atoms with van der Waals surface area (Å²) in [5, 5.41) is 2.97. The molecule has 3 aromatic carbocycles. The van der Waals surface area contributed by atoms with Gasteiger partial charge in [0.1, 0.15) is 11.6 Å². The van der Waals surface area contributed by atoms with Crippen molar-refractivity contribution in [2.24, 2.45) is 0 Å². The molecular formula is C26H26FN3O. The van der Waals surface area contributed by atoms with Crippen LogP contribution in [0.2, 0.25) is 0 Å². The Hall–Kier alpha value is -3.47. The number of benzene rings is 3. The minimum absolute atomic E-state index is 0.0349. The van der Waals surface area contributed by atoms with E-state index >= 15 is 0 Å². The van der Waals surface area contributed by atoms with E-state index in [9.17, 15) is 9.18 Å². The second kappa shape index (κ2) is 10.0. The van der Waals surface area contributed by atoms with E-state index in [1.807, 2.05) is 66.7 Å². The van der Waals surface area contributed by atoms with Crippen LogP contribution in [0.1, 0.15) is 41.0 Å². The quantitative estimate of drug-likeness (QED) is 0.374. The first-order valence-corrected chi connectivity index (χ1v) is 10.7. The van der Waals surface area contributed by atoms with Crippen molar-refractivity contribution in [3.05, 3.63) is 102 Å². The molecule has 0 saturated heterocycles. The summed E-state index contributed by atoms with van der Waals surface area (Å²) in [5.41, 5.74) is 3.31. The van der Waals surface area contributed by atoms with Gasteiger partial charge in [-0.15, -0.1) is 0 Å². The molecule has 0 aliphatic heterocycles. The van der Waals surface area contributed by atoms with E-state index in [2.05, 4.69) is 9.88 Å². The molecule has 0 saturated carbocycles. The molecule has 0 aliphatic carbocycles.